The SMILES string of the molecule is Nc1cc(F)c(S(=O)(=O)Nc2cccnc2Br)c(F)c1. The lowest BCUT2D eigenvalue weighted by atomic mass is 10.3. The van der Waals surface area contributed by atoms with Gasteiger partial charge in [0, 0.05) is 11.9 Å². The fraction of sp³-hybridized carbons (Fsp3) is 0. The molecule has 0 radical (unpaired) electrons. The summed E-state index contributed by atoms with van der Waals surface area (Å²) in [5, 5.41) is 0. The van der Waals surface area contributed by atoms with Crippen LogP contribution in [0.1, 0.15) is 0 Å². The summed E-state index contributed by atoms with van der Waals surface area (Å²) in [5.74, 6) is -2.54. The Morgan fingerprint density at radius 2 is 1.85 bits per heavy atom. The number of nitrogens with one attached hydrogen (secondary N) is 1. The molecule has 3 N–H and O–H groups in total. The quantitative estimate of drug-likeness (QED) is 0.648. The number of pyridine rings is 1. The van der Waals surface area contributed by atoms with E-state index in [1.165, 1.54) is 18.3 Å². The fourth-order valence-corrected chi connectivity index (χ4v) is 3.16. The normalized spacial score (nSPS) is 11.3. The van der Waals surface area contributed by atoms with Crippen LogP contribution in [0.4, 0.5) is 20.2 Å². The first-order valence-electron chi connectivity index (χ1n) is 5.19. The van der Waals surface area contributed by atoms with Gasteiger partial charge in [-0.25, -0.2) is 22.2 Å². The minimum absolute atomic E-state index is 0.0584. The maximum absolute atomic E-state index is 13.6. The number of halogens is 3. The van der Waals surface area contributed by atoms with Gasteiger partial charge in [-0.2, -0.15) is 0 Å². The van der Waals surface area contributed by atoms with Gasteiger partial charge in [-0.05, 0) is 40.2 Å². The molecule has 0 saturated heterocycles. The highest BCUT2D eigenvalue weighted by atomic mass is 79.9. The van der Waals surface area contributed by atoms with E-state index in [2.05, 4.69) is 20.9 Å². The van der Waals surface area contributed by atoms with E-state index in [1.807, 2.05) is 4.72 Å². The monoisotopic (exact) mass is 363 g/mol. The number of benzene rings is 1. The molecule has 0 saturated carbocycles. The molecule has 1 aromatic heterocycles. The number of hydrogen-bond donors (Lipinski definition) is 2. The van der Waals surface area contributed by atoms with E-state index < -0.39 is 26.6 Å². The Kier molecular flexibility index (Phi) is 3.91. The third-order valence-electron chi connectivity index (χ3n) is 2.29. The molecule has 0 aliphatic carbocycles. The lowest BCUT2D eigenvalue weighted by Crippen LogP contribution is -2.17. The standard InChI is InChI=1S/C11H8BrF2N3O2S/c12-11-9(2-1-3-16-11)17-20(18,19)10-7(13)4-6(15)5-8(10)14/h1-5,17H,15H2. The predicted molar refractivity (Wildman–Crippen MR) is 73.5 cm³/mol. The molecule has 0 spiro atoms. The van der Waals surface area contributed by atoms with Crippen LogP contribution in [-0.4, -0.2) is 13.4 Å². The Bertz CT molecular complexity index is 745. The molecule has 0 amide bonds. The third kappa shape index (κ3) is 2.88. The van der Waals surface area contributed by atoms with Gasteiger partial charge in [-0.1, -0.05) is 0 Å². The molecule has 1 heterocycles. The topological polar surface area (TPSA) is 85.1 Å². The molecule has 106 valence electrons. The van der Waals surface area contributed by atoms with Gasteiger partial charge in [0.2, 0.25) is 0 Å². The first-order valence-corrected chi connectivity index (χ1v) is 7.47. The summed E-state index contributed by atoms with van der Waals surface area (Å²) in [4.78, 5) is 2.70. The maximum Gasteiger partial charge on any atom is 0.267 e. The number of anilines is 2. The smallest absolute Gasteiger partial charge is 0.267 e. The molecule has 1 aromatic carbocycles. The molecule has 0 atom stereocenters. The summed E-state index contributed by atoms with van der Waals surface area (Å²) in [6.07, 6.45) is 1.42. The maximum atomic E-state index is 13.6. The Balaban J connectivity index is 2.50. The van der Waals surface area contributed by atoms with Gasteiger partial charge in [0.05, 0.1) is 5.69 Å². The molecule has 0 aliphatic rings. The summed E-state index contributed by atoms with van der Waals surface area (Å²) in [7, 11) is -4.44. The van der Waals surface area contributed by atoms with Crippen molar-refractivity contribution in [1.82, 2.24) is 4.98 Å². The molecule has 9 heteroatoms. The molecular weight excluding hydrogens is 356 g/mol. The summed E-state index contributed by atoms with van der Waals surface area (Å²) >= 11 is 3.02. The highest BCUT2D eigenvalue weighted by Crippen LogP contribution is 2.26. The van der Waals surface area contributed by atoms with E-state index in [1.54, 1.807) is 0 Å². The number of sulfonamides is 1. The Labute approximate surface area is 122 Å². The van der Waals surface area contributed by atoms with E-state index in [0.29, 0.717) is 0 Å². The second-order valence-electron chi connectivity index (χ2n) is 3.76. The van der Waals surface area contributed by atoms with E-state index in [9.17, 15) is 17.2 Å². The lowest BCUT2D eigenvalue weighted by Gasteiger charge is -2.11. The van der Waals surface area contributed by atoms with E-state index in [0.717, 1.165) is 12.1 Å². The number of hydrogen-bond acceptors (Lipinski definition) is 4. The number of rotatable bonds is 3. The van der Waals surface area contributed by atoms with E-state index in [-0.39, 0.29) is 16.0 Å². The van der Waals surface area contributed by atoms with E-state index >= 15 is 0 Å². The average Bonchev–Trinajstić information content (AvgIpc) is 2.30. The minimum Gasteiger partial charge on any atom is -0.399 e. The average molecular weight is 364 g/mol. The molecule has 2 rings (SSSR count). The lowest BCUT2D eigenvalue weighted by molar-refractivity contribution is 0.522. The number of nitrogens with two attached hydrogens (primary N) is 1. The largest absolute Gasteiger partial charge is 0.399 e. The number of nitrogen functional groups attached to an aromatic ring is 1. The van der Waals surface area contributed by atoms with Crippen LogP contribution < -0.4 is 10.5 Å². The van der Waals surface area contributed by atoms with Crippen molar-refractivity contribution in [2.75, 3.05) is 10.5 Å². The molecule has 0 aliphatic heterocycles. The zero-order valence-corrected chi connectivity index (χ0v) is 12.2. The van der Waals surface area contributed by atoms with Crippen molar-refractivity contribution < 1.29 is 17.2 Å². The number of aromatic nitrogens is 1. The van der Waals surface area contributed by atoms with Crippen LogP contribution in [0.5, 0.6) is 0 Å². The summed E-state index contributed by atoms with van der Waals surface area (Å²) in [6.45, 7) is 0. The molecule has 0 bridgehead atoms. The van der Waals surface area contributed by atoms with Crippen LogP contribution in [0.2, 0.25) is 0 Å². The van der Waals surface area contributed by atoms with Crippen LogP contribution in [0.25, 0.3) is 0 Å². The molecule has 20 heavy (non-hydrogen) atoms. The zero-order chi connectivity index (χ0) is 14.9. The molecule has 2 aromatic rings. The van der Waals surface area contributed by atoms with Crippen LogP contribution in [0, 0.1) is 11.6 Å². The Hall–Kier alpha value is -1.74. The highest BCUT2D eigenvalue weighted by molar-refractivity contribution is 9.10. The van der Waals surface area contributed by atoms with Crippen molar-refractivity contribution in [3.8, 4) is 0 Å². The molecule has 0 fully saturated rings. The zero-order valence-electron chi connectivity index (χ0n) is 9.77. The van der Waals surface area contributed by atoms with Crippen LogP contribution in [0.15, 0.2) is 40.0 Å². The molecule has 0 unspecified atom stereocenters. The van der Waals surface area contributed by atoms with Gasteiger partial charge in [0.25, 0.3) is 10.0 Å². The Morgan fingerprint density at radius 3 is 2.40 bits per heavy atom. The highest BCUT2D eigenvalue weighted by Gasteiger charge is 2.25. The van der Waals surface area contributed by atoms with Crippen LogP contribution >= 0.6 is 15.9 Å². The van der Waals surface area contributed by atoms with Gasteiger partial charge in [-0.15, -0.1) is 0 Å². The van der Waals surface area contributed by atoms with E-state index in [4.69, 9.17) is 5.73 Å². The summed E-state index contributed by atoms with van der Waals surface area (Å²) in [6, 6.07) is 4.33. The molecular formula is C11H8BrF2N3O2S. The van der Waals surface area contributed by atoms with Crippen molar-refractivity contribution in [3.05, 3.63) is 46.7 Å². The van der Waals surface area contributed by atoms with Gasteiger partial charge in [-0.3, -0.25) is 4.72 Å². The second kappa shape index (κ2) is 5.33. The minimum atomic E-state index is -4.44. The van der Waals surface area contributed by atoms with Crippen LogP contribution in [0.3, 0.4) is 0 Å². The van der Waals surface area contributed by atoms with Crippen molar-refractivity contribution in [2.45, 2.75) is 4.90 Å². The third-order valence-corrected chi connectivity index (χ3v) is 4.34. The first-order chi connectivity index (χ1) is 9.31. The van der Waals surface area contributed by atoms with Crippen molar-refractivity contribution in [1.29, 1.82) is 0 Å². The van der Waals surface area contributed by atoms with Gasteiger partial charge in [0.15, 0.2) is 4.90 Å². The van der Waals surface area contributed by atoms with Crippen molar-refractivity contribution >= 4 is 37.3 Å². The molecule has 5 nitrogen and oxygen atoms in total. The van der Waals surface area contributed by atoms with Gasteiger partial charge < -0.3 is 5.73 Å². The van der Waals surface area contributed by atoms with Gasteiger partial charge >= 0.3 is 0 Å². The summed E-state index contributed by atoms with van der Waals surface area (Å²) < 4.78 is 53.6. The number of nitrogens with zero attached hydrogens (tertiary/aromatic N) is 1. The van der Waals surface area contributed by atoms with Crippen molar-refractivity contribution in [3.63, 3.8) is 0 Å². The second-order valence-corrected chi connectivity index (χ2v) is 6.13. The van der Waals surface area contributed by atoms with Crippen molar-refractivity contribution in [2.24, 2.45) is 0 Å². The first kappa shape index (κ1) is 14.7. The summed E-state index contributed by atoms with van der Waals surface area (Å²) in [5.41, 5.74) is 5.09. The fourth-order valence-electron chi connectivity index (χ4n) is 1.49. The van der Waals surface area contributed by atoms with Gasteiger partial charge in [0.1, 0.15) is 16.2 Å². The Morgan fingerprint density at radius 1 is 1.25 bits per heavy atom. The van der Waals surface area contributed by atoms with Crippen LogP contribution in [-0.2, 0) is 10.0 Å². The predicted octanol–water partition coefficient (Wildman–Crippen LogP) is 2.51.